The highest BCUT2D eigenvalue weighted by atomic mass is 35.5. The average Bonchev–Trinajstić information content (AvgIpc) is 2.45. The van der Waals surface area contributed by atoms with Crippen LogP contribution in [-0.2, 0) is 4.79 Å². The highest BCUT2D eigenvalue weighted by Gasteiger charge is 2.39. The first-order valence-electron chi connectivity index (χ1n) is 3.54. The first-order chi connectivity index (χ1) is 6.65. The molecule has 2 unspecified atom stereocenters. The summed E-state index contributed by atoms with van der Waals surface area (Å²) in [7, 11) is 0. The molecule has 0 aromatic rings. The number of amides is 1. The molecular weight excluding hydrogens is 204 g/mol. The topological polar surface area (TPSA) is 100 Å². The summed E-state index contributed by atoms with van der Waals surface area (Å²) < 4.78 is 0. The van der Waals surface area contributed by atoms with E-state index >= 15 is 0 Å². The van der Waals surface area contributed by atoms with E-state index in [1.165, 1.54) is 0 Å². The van der Waals surface area contributed by atoms with Crippen molar-refractivity contribution >= 4 is 17.5 Å². The van der Waals surface area contributed by atoms with E-state index in [9.17, 15) is 4.79 Å². The number of rotatable bonds is 0. The Morgan fingerprint density at radius 1 is 1.36 bits per heavy atom. The third kappa shape index (κ3) is 1.40. The van der Waals surface area contributed by atoms with Gasteiger partial charge in [-0.3, -0.25) is 4.79 Å². The van der Waals surface area contributed by atoms with Gasteiger partial charge in [0, 0.05) is 0 Å². The Kier molecular flexibility index (Phi) is 2.72. The summed E-state index contributed by atoms with van der Waals surface area (Å²) in [6, 6.07) is 4.95. The molecule has 1 saturated heterocycles. The molecule has 1 aliphatic rings. The third-order valence-electron chi connectivity index (χ3n) is 1.74. The van der Waals surface area contributed by atoms with Crippen LogP contribution in [0, 0.1) is 39.9 Å². The van der Waals surface area contributed by atoms with E-state index in [1.54, 1.807) is 18.2 Å². The number of nitriles is 3. The molecule has 5 nitrogen and oxygen atoms in total. The summed E-state index contributed by atoms with van der Waals surface area (Å²) in [4.78, 5) is 11.0. The van der Waals surface area contributed by atoms with Crippen LogP contribution in [0.4, 0.5) is 0 Å². The van der Waals surface area contributed by atoms with Gasteiger partial charge in [-0.2, -0.15) is 15.8 Å². The van der Waals surface area contributed by atoms with Crippen molar-refractivity contribution in [2.75, 3.05) is 0 Å². The molecule has 6 heteroatoms. The minimum absolute atomic E-state index is 0.00231. The fourth-order valence-corrected chi connectivity index (χ4v) is 1.31. The first-order valence-corrected chi connectivity index (χ1v) is 3.98. The van der Waals surface area contributed by atoms with Gasteiger partial charge in [-0.15, -0.1) is 11.6 Å². The summed E-state index contributed by atoms with van der Waals surface area (Å²) >= 11 is 5.59. The molecule has 1 amide bonds. The lowest BCUT2D eigenvalue weighted by molar-refractivity contribution is -0.118. The van der Waals surface area contributed by atoms with E-state index < -0.39 is 17.2 Å². The fourth-order valence-electron chi connectivity index (χ4n) is 1.07. The van der Waals surface area contributed by atoms with Crippen molar-refractivity contribution in [2.24, 2.45) is 5.92 Å². The van der Waals surface area contributed by atoms with Crippen molar-refractivity contribution in [1.82, 2.24) is 5.32 Å². The second kappa shape index (κ2) is 3.79. The van der Waals surface area contributed by atoms with Crippen LogP contribution in [0.2, 0.25) is 0 Å². The Bertz CT molecular complexity index is 418. The second-order valence-electron chi connectivity index (χ2n) is 2.51. The summed E-state index contributed by atoms with van der Waals surface area (Å²) in [5.74, 6) is -1.50. The van der Waals surface area contributed by atoms with Crippen LogP contribution in [0.25, 0.3) is 0 Å². The molecular formula is C8H3ClN4O. The Hall–Kier alpha value is -2.03. The predicted octanol–water partition coefficient (Wildman–Crippen LogP) is 0.165. The maximum absolute atomic E-state index is 11.0. The quantitative estimate of drug-likeness (QED) is 0.451. The van der Waals surface area contributed by atoms with Gasteiger partial charge in [0.2, 0.25) is 5.91 Å². The number of hydrogen-bond donors (Lipinski definition) is 1. The molecule has 1 rings (SSSR count). The van der Waals surface area contributed by atoms with Gasteiger partial charge in [0.05, 0.1) is 11.8 Å². The number of alkyl halides is 1. The van der Waals surface area contributed by atoms with Gasteiger partial charge in [0.15, 0.2) is 0 Å². The number of halogens is 1. The van der Waals surface area contributed by atoms with Gasteiger partial charge in [0.1, 0.15) is 29.0 Å². The lowest BCUT2D eigenvalue weighted by Crippen LogP contribution is -2.19. The minimum atomic E-state index is -1.04. The highest BCUT2D eigenvalue weighted by molar-refractivity contribution is 6.32. The molecule has 1 N–H and O–H groups in total. The molecule has 2 atom stereocenters. The summed E-state index contributed by atoms with van der Waals surface area (Å²) in [5.41, 5.74) is -0.282. The van der Waals surface area contributed by atoms with Gasteiger partial charge in [-0.05, 0) is 0 Å². The van der Waals surface area contributed by atoms with Gasteiger partial charge < -0.3 is 5.32 Å². The predicted molar refractivity (Wildman–Crippen MR) is 45.1 cm³/mol. The largest absolute Gasteiger partial charge is 0.325 e. The van der Waals surface area contributed by atoms with E-state index in [-0.39, 0.29) is 11.3 Å². The van der Waals surface area contributed by atoms with Crippen LogP contribution >= 0.6 is 11.6 Å². The maximum Gasteiger partial charge on any atom is 0.244 e. The monoisotopic (exact) mass is 206 g/mol. The van der Waals surface area contributed by atoms with Crippen LogP contribution < -0.4 is 5.32 Å². The first kappa shape index (κ1) is 10.1. The highest BCUT2D eigenvalue weighted by Crippen LogP contribution is 2.26. The molecule has 0 spiro atoms. The average molecular weight is 207 g/mol. The van der Waals surface area contributed by atoms with Crippen molar-refractivity contribution in [3.8, 4) is 18.2 Å². The molecule has 0 aromatic heterocycles. The molecule has 0 bridgehead atoms. The Balaban J connectivity index is 3.24. The van der Waals surface area contributed by atoms with E-state index in [1.807, 2.05) is 0 Å². The van der Waals surface area contributed by atoms with Gasteiger partial charge in [-0.25, -0.2) is 0 Å². The Morgan fingerprint density at radius 2 is 1.93 bits per heavy atom. The molecule has 0 saturated carbocycles. The second-order valence-corrected chi connectivity index (χ2v) is 2.98. The number of nitrogens with one attached hydrogen (secondary N) is 1. The summed E-state index contributed by atoms with van der Waals surface area (Å²) in [5, 5.41) is 27.0. The van der Waals surface area contributed by atoms with Crippen LogP contribution in [0.15, 0.2) is 11.3 Å². The molecule has 1 aliphatic heterocycles. The van der Waals surface area contributed by atoms with E-state index in [0.717, 1.165) is 0 Å². The number of hydrogen-bond acceptors (Lipinski definition) is 4. The van der Waals surface area contributed by atoms with E-state index in [4.69, 9.17) is 27.4 Å². The third-order valence-corrected chi connectivity index (χ3v) is 2.19. The van der Waals surface area contributed by atoms with Crippen molar-refractivity contribution < 1.29 is 4.79 Å². The SMILES string of the molecule is N#CC(C#N)=C1NC(=O)C(Cl)C1C#N. The zero-order chi connectivity index (χ0) is 10.7. The zero-order valence-electron chi connectivity index (χ0n) is 6.78. The van der Waals surface area contributed by atoms with Gasteiger partial charge in [0.25, 0.3) is 0 Å². The normalized spacial score (nSPS) is 24.4. The van der Waals surface area contributed by atoms with Gasteiger partial charge in [-0.1, -0.05) is 0 Å². The van der Waals surface area contributed by atoms with E-state index in [0.29, 0.717) is 0 Å². The fraction of sp³-hybridized carbons (Fsp3) is 0.250. The lowest BCUT2D eigenvalue weighted by Gasteiger charge is -2.01. The van der Waals surface area contributed by atoms with Crippen molar-refractivity contribution in [3.63, 3.8) is 0 Å². The maximum atomic E-state index is 11.0. The Labute approximate surface area is 84.8 Å². The van der Waals surface area contributed by atoms with Crippen LogP contribution in [-0.4, -0.2) is 11.3 Å². The molecule has 68 valence electrons. The van der Waals surface area contributed by atoms with E-state index in [2.05, 4.69) is 5.32 Å². The van der Waals surface area contributed by atoms with Gasteiger partial charge >= 0.3 is 0 Å². The van der Waals surface area contributed by atoms with Crippen molar-refractivity contribution in [1.29, 1.82) is 15.8 Å². The number of allylic oxidation sites excluding steroid dienone is 2. The molecule has 0 aromatic carbocycles. The lowest BCUT2D eigenvalue weighted by atomic mass is 10.0. The van der Waals surface area contributed by atoms with Crippen molar-refractivity contribution in [2.45, 2.75) is 5.38 Å². The smallest absolute Gasteiger partial charge is 0.244 e. The molecule has 1 fully saturated rings. The summed E-state index contributed by atoms with van der Waals surface area (Å²) in [6.45, 7) is 0. The zero-order valence-corrected chi connectivity index (χ0v) is 7.54. The Morgan fingerprint density at radius 3 is 2.36 bits per heavy atom. The van der Waals surface area contributed by atoms with Crippen LogP contribution in [0.3, 0.4) is 0 Å². The van der Waals surface area contributed by atoms with Crippen molar-refractivity contribution in [3.05, 3.63) is 11.3 Å². The van der Waals surface area contributed by atoms with Crippen LogP contribution in [0.1, 0.15) is 0 Å². The number of carbonyl (C=O) groups is 1. The summed E-state index contributed by atoms with van der Waals surface area (Å²) in [6.07, 6.45) is 0. The minimum Gasteiger partial charge on any atom is -0.325 e. The standard InChI is InChI=1S/C8H3ClN4O/c9-6-5(3-12)7(13-8(6)14)4(1-10)2-11/h5-6H,(H,13,14). The molecule has 0 radical (unpaired) electrons. The number of nitrogens with zero attached hydrogens (tertiary/aromatic N) is 3. The molecule has 0 aliphatic carbocycles. The molecule has 1 heterocycles. The number of carbonyl (C=O) groups excluding carboxylic acids is 1. The molecule has 14 heavy (non-hydrogen) atoms. The van der Waals surface area contributed by atoms with Crippen LogP contribution in [0.5, 0.6) is 0 Å².